The molecule has 0 aromatic carbocycles. The van der Waals surface area contributed by atoms with Crippen LogP contribution < -0.4 is 0 Å². The molecule has 0 atom stereocenters. The lowest BCUT2D eigenvalue weighted by atomic mass is 10.0. The molecule has 1 fully saturated rings. The number of carbonyl (C=O) groups excluding carboxylic acids is 1. The van der Waals surface area contributed by atoms with Gasteiger partial charge in [0.1, 0.15) is 6.33 Å². The molecule has 0 bridgehead atoms. The van der Waals surface area contributed by atoms with Crippen LogP contribution in [0.15, 0.2) is 6.33 Å². The second-order valence-corrected chi connectivity index (χ2v) is 6.02. The third-order valence-electron chi connectivity index (χ3n) is 4.23. The van der Waals surface area contributed by atoms with Crippen molar-refractivity contribution in [3.05, 3.63) is 23.3 Å². The second kappa shape index (κ2) is 5.48. The Balaban J connectivity index is 1.72. The van der Waals surface area contributed by atoms with Gasteiger partial charge in [0.2, 0.25) is 5.91 Å². The molecule has 1 amide bonds. The normalized spacial score (nSPS) is 19.3. The molecule has 2 aliphatic rings. The van der Waals surface area contributed by atoms with Crippen LogP contribution >= 0.6 is 0 Å². The van der Waals surface area contributed by atoms with Crippen molar-refractivity contribution < 1.29 is 4.79 Å². The van der Waals surface area contributed by atoms with Crippen LogP contribution in [0.25, 0.3) is 0 Å². The first kappa shape index (κ1) is 13.5. The maximum absolute atomic E-state index is 11.8. The van der Waals surface area contributed by atoms with Gasteiger partial charge in [-0.2, -0.15) is 0 Å². The highest BCUT2D eigenvalue weighted by Crippen LogP contribution is 2.41. The van der Waals surface area contributed by atoms with E-state index in [0.29, 0.717) is 12.5 Å². The Morgan fingerprint density at radius 1 is 1.30 bits per heavy atom. The highest BCUT2D eigenvalue weighted by Gasteiger charge is 2.30. The number of likely N-dealkylation sites (N-methyl/N-ethyl adjacent to an activating group) is 1. The van der Waals surface area contributed by atoms with Crippen molar-refractivity contribution in [1.29, 1.82) is 0 Å². The lowest BCUT2D eigenvalue weighted by Crippen LogP contribution is -2.37. The van der Waals surface area contributed by atoms with Crippen LogP contribution in [0.3, 0.4) is 0 Å². The number of hydrogen-bond acceptors (Lipinski definition) is 4. The molecule has 2 heterocycles. The van der Waals surface area contributed by atoms with Gasteiger partial charge >= 0.3 is 0 Å². The summed E-state index contributed by atoms with van der Waals surface area (Å²) < 4.78 is 0. The molecule has 1 saturated carbocycles. The Labute approximate surface area is 120 Å². The van der Waals surface area contributed by atoms with Gasteiger partial charge < -0.3 is 4.90 Å². The highest BCUT2D eigenvalue weighted by molar-refractivity contribution is 5.77. The van der Waals surface area contributed by atoms with Gasteiger partial charge in [-0.3, -0.25) is 9.69 Å². The Morgan fingerprint density at radius 3 is 2.75 bits per heavy atom. The topological polar surface area (TPSA) is 49.3 Å². The van der Waals surface area contributed by atoms with Crippen molar-refractivity contribution >= 4 is 5.91 Å². The zero-order valence-electron chi connectivity index (χ0n) is 12.3. The minimum Gasteiger partial charge on any atom is -0.348 e. The third-order valence-corrected chi connectivity index (χ3v) is 4.23. The van der Waals surface area contributed by atoms with Gasteiger partial charge in [-0.1, -0.05) is 0 Å². The van der Waals surface area contributed by atoms with Crippen LogP contribution in [0.4, 0.5) is 0 Å². The van der Waals surface area contributed by atoms with Crippen LogP contribution in [0.5, 0.6) is 0 Å². The Hall–Kier alpha value is -1.49. The molecule has 0 unspecified atom stereocenters. The molecule has 5 nitrogen and oxygen atoms in total. The lowest BCUT2D eigenvalue weighted by molar-refractivity contribution is -0.129. The predicted octanol–water partition coefficient (Wildman–Crippen LogP) is 0.843. The Kier molecular flexibility index (Phi) is 3.70. The van der Waals surface area contributed by atoms with Crippen molar-refractivity contribution in [2.75, 3.05) is 33.7 Å². The zero-order chi connectivity index (χ0) is 14.1. The van der Waals surface area contributed by atoms with Crippen molar-refractivity contribution in [3.8, 4) is 0 Å². The van der Waals surface area contributed by atoms with E-state index in [1.54, 1.807) is 11.2 Å². The van der Waals surface area contributed by atoms with Crippen molar-refractivity contribution in [3.63, 3.8) is 0 Å². The van der Waals surface area contributed by atoms with E-state index in [4.69, 9.17) is 0 Å². The highest BCUT2D eigenvalue weighted by atomic mass is 16.2. The van der Waals surface area contributed by atoms with E-state index in [1.807, 2.05) is 14.1 Å². The summed E-state index contributed by atoms with van der Waals surface area (Å²) in [5.41, 5.74) is 3.83. The molecule has 1 aliphatic heterocycles. The number of rotatable bonds is 3. The smallest absolute Gasteiger partial charge is 0.236 e. The van der Waals surface area contributed by atoms with Gasteiger partial charge in [0.25, 0.3) is 0 Å². The Bertz CT molecular complexity index is 511. The maximum atomic E-state index is 11.8. The van der Waals surface area contributed by atoms with Crippen LogP contribution in [-0.2, 0) is 17.6 Å². The molecule has 3 rings (SSSR count). The summed E-state index contributed by atoms with van der Waals surface area (Å²) in [6.07, 6.45) is 6.16. The Morgan fingerprint density at radius 2 is 2.05 bits per heavy atom. The first-order valence-electron chi connectivity index (χ1n) is 7.40. The van der Waals surface area contributed by atoms with E-state index in [2.05, 4.69) is 14.9 Å². The van der Waals surface area contributed by atoms with E-state index in [9.17, 15) is 4.79 Å². The average molecular weight is 274 g/mol. The van der Waals surface area contributed by atoms with Gasteiger partial charge in [0.15, 0.2) is 0 Å². The fourth-order valence-electron chi connectivity index (χ4n) is 2.80. The number of carbonyl (C=O) groups is 1. The summed E-state index contributed by atoms with van der Waals surface area (Å²) in [5, 5.41) is 0. The van der Waals surface area contributed by atoms with Gasteiger partial charge in [0.05, 0.1) is 12.2 Å². The fraction of sp³-hybridized carbons (Fsp3) is 0.667. The molecule has 108 valence electrons. The molecule has 0 saturated heterocycles. The molecule has 0 radical (unpaired) electrons. The molecular formula is C15H22N4O. The van der Waals surface area contributed by atoms with Crippen molar-refractivity contribution in [2.45, 2.75) is 31.6 Å². The van der Waals surface area contributed by atoms with Crippen molar-refractivity contribution in [1.82, 2.24) is 19.8 Å². The first-order valence-corrected chi connectivity index (χ1v) is 7.40. The van der Waals surface area contributed by atoms with Crippen LogP contribution in [0, 0.1) is 0 Å². The van der Waals surface area contributed by atoms with Crippen LogP contribution in [-0.4, -0.2) is 59.4 Å². The summed E-state index contributed by atoms with van der Waals surface area (Å²) in [6.45, 7) is 2.35. The quantitative estimate of drug-likeness (QED) is 0.819. The standard InChI is InChI=1S/C15H22N4O/c1-18(2)14(20)9-19-7-5-12-13(6-8-19)16-10-17-15(12)11-3-4-11/h10-11H,3-9H2,1-2H3. The van der Waals surface area contributed by atoms with E-state index in [-0.39, 0.29) is 5.91 Å². The fourth-order valence-corrected chi connectivity index (χ4v) is 2.80. The van der Waals surface area contributed by atoms with Gasteiger partial charge in [-0.25, -0.2) is 9.97 Å². The number of hydrogen-bond donors (Lipinski definition) is 0. The SMILES string of the molecule is CN(C)C(=O)CN1CCc2ncnc(C3CC3)c2CC1. The summed E-state index contributed by atoms with van der Waals surface area (Å²) in [7, 11) is 3.62. The van der Waals surface area contributed by atoms with Gasteiger partial charge in [-0.05, 0) is 24.8 Å². The van der Waals surface area contributed by atoms with E-state index >= 15 is 0 Å². The number of amides is 1. The van der Waals surface area contributed by atoms with E-state index < -0.39 is 0 Å². The monoisotopic (exact) mass is 274 g/mol. The average Bonchev–Trinajstić information content (AvgIpc) is 3.25. The van der Waals surface area contributed by atoms with Gasteiger partial charge in [0, 0.05) is 45.2 Å². The summed E-state index contributed by atoms with van der Waals surface area (Å²) in [4.78, 5) is 24.7. The summed E-state index contributed by atoms with van der Waals surface area (Å²) in [5.74, 6) is 0.839. The first-order chi connectivity index (χ1) is 9.65. The molecule has 1 aromatic rings. The number of fused-ring (bicyclic) bond motifs is 1. The molecule has 20 heavy (non-hydrogen) atoms. The van der Waals surface area contributed by atoms with E-state index in [1.165, 1.54) is 29.8 Å². The molecule has 0 spiro atoms. The number of nitrogens with zero attached hydrogens (tertiary/aromatic N) is 4. The summed E-state index contributed by atoms with van der Waals surface area (Å²) in [6, 6.07) is 0. The second-order valence-electron chi connectivity index (χ2n) is 6.02. The number of aromatic nitrogens is 2. The molecule has 0 N–H and O–H groups in total. The molecule has 1 aromatic heterocycles. The summed E-state index contributed by atoms with van der Waals surface area (Å²) >= 11 is 0. The van der Waals surface area contributed by atoms with Gasteiger partial charge in [-0.15, -0.1) is 0 Å². The lowest BCUT2D eigenvalue weighted by Gasteiger charge is -2.21. The minimum atomic E-state index is 0.171. The van der Waals surface area contributed by atoms with Crippen LogP contribution in [0.2, 0.25) is 0 Å². The third kappa shape index (κ3) is 2.82. The molecule has 5 heteroatoms. The zero-order valence-corrected chi connectivity index (χ0v) is 12.3. The molecular weight excluding hydrogens is 252 g/mol. The maximum Gasteiger partial charge on any atom is 0.236 e. The van der Waals surface area contributed by atoms with E-state index in [0.717, 1.165) is 25.9 Å². The van der Waals surface area contributed by atoms with Crippen LogP contribution in [0.1, 0.15) is 35.7 Å². The largest absolute Gasteiger partial charge is 0.348 e. The molecule has 1 aliphatic carbocycles. The predicted molar refractivity (Wildman–Crippen MR) is 76.5 cm³/mol. The minimum absolute atomic E-state index is 0.171. The van der Waals surface area contributed by atoms with Crippen molar-refractivity contribution in [2.24, 2.45) is 0 Å².